The van der Waals surface area contributed by atoms with Gasteiger partial charge < -0.3 is 9.47 Å². The Morgan fingerprint density at radius 2 is 1.97 bits per heavy atom. The van der Waals surface area contributed by atoms with E-state index in [1.54, 1.807) is 29.5 Å². The fourth-order valence-corrected chi connectivity index (χ4v) is 4.91. The monoisotopic (exact) mass is 423 g/mol. The minimum Gasteiger partial charge on any atom is -0.454 e. The van der Waals surface area contributed by atoms with E-state index in [-0.39, 0.29) is 18.3 Å². The minimum absolute atomic E-state index is 0.00742. The molecule has 29 heavy (non-hydrogen) atoms. The summed E-state index contributed by atoms with van der Waals surface area (Å²) in [4.78, 5) is 13.5. The maximum absolute atomic E-state index is 12.7. The lowest BCUT2D eigenvalue weighted by Crippen LogP contribution is -2.03. The molecule has 2 aromatic carbocycles. The Balaban J connectivity index is 1.40. The third-order valence-corrected chi connectivity index (χ3v) is 6.70. The van der Waals surface area contributed by atoms with Crippen molar-refractivity contribution in [1.29, 1.82) is 0 Å². The molecule has 0 aliphatic carbocycles. The zero-order chi connectivity index (χ0) is 20.0. The Morgan fingerprint density at radius 1 is 1.10 bits per heavy atom. The molecule has 3 heterocycles. The van der Waals surface area contributed by atoms with Gasteiger partial charge in [-0.1, -0.05) is 23.9 Å². The molecule has 0 saturated carbocycles. The molecule has 0 amide bonds. The first kappa shape index (κ1) is 18.2. The number of rotatable bonds is 5. The van der Waals surface area contributed by atoms with Crippen molar-refractivity contribution in [2.45, 2.75) is 19.0 Å². The fraction of sp³-hybridized carbons (Fsp3) is 0.190. The van der Waals surface area contributed by atoms with Crippen LogP contribution in [0, 0.1) is 13.8 Å². The van der Waals surface area contributed by atoms with Crippen molar-refractivity contribution in [1.82, 2.24) is 14.6 Å². The number of aryl methyl sites for hydroxylation is 2. The lowest BCUT2D eigenvalue weighted by molar-refractivity contribution is 0.102. The Hall–Kier alpha value is -2.84. The zero-order valence-corrected chi connectivity index (χ0v) is 17.5. The molecule has 0 atom stereocenters. The highest BCUT2D eigenvalue weighted by Gasteiger charge is 2.19. The molecule has 0 fully saturated rings. The quantitative estimate of drug-likeness (QED) is 0.340. The molecule has 0 unspecified atom stereocenters. The Morgan fingerprint density at radius 3 is 2.83 bits per heavy atom. The van der Waals surface area contributed by atoms with Crippen LogP contribution in [0.25, 0.3) is 16.2 Å². The summed E-state index contributed by atoms with van der Waals surface area (Å²) in [6.07, 6.45) is 0. The molecule has 1 aliphatic heterocycles. The number of fused-ring (bicyclic) bond motifs is 2. The van der Waals surface area contributed by atoms with Crippen LogP contribution < -0.4 is 9.47 Å². The van der Waals surface area contributed by atoms with E-state index in [1.807, 2.05) is 4.40 Å². The molecular formula is C21H17N3O3S2. The summed E-state index contributed by atoms with van der Waals surface area (Å²) >= 11 is 2.93. The van der Waals surface area contributed by atoms with Crippen molar-refractivity contribution in [2.75, 3.05) is 12.5 Å². The first-order valence-corrected chi connectivity index (χ1v) is 10.9. The molecular weight excluding hydrogens is 406 g/mol. The molecule has 4 aromatic rings. The predicted octanol–water partition coefficient (Wildman–Crippen LogP) is 4.78. The van der Waals surface area contributed by atoms with Crippen LogP contribution in [0.4, 0.5) is 0 Å². The zero-order valence-electron chi connectivity index (χ0n) is 15.8. The van der Waals surface area contributed by atoms with E-state index >= 15 is 0 Å². The van der Waals surface area contributed by atoms with Crippen molar-refractivity contribution >= 4 is 33.8 Å². The molecule has 8 heteroatoms. The summed E-state index contributed by atoms with van der Waals surface area (Å²) in [5.41, 5.74) is 5.25. The number of ether oxygens (including phenoxy) is 2. The highest BCUT2D eigenvalue weighted by Crippen LogP contribution is 2.34. The molecule has 0 saturated heterocycles. The summed E-state index contributed by atoms with van der Waals surface area (Å²) in [6.45, 7) is 4.40. The minimum atomic E-state index is 0.00742. The number of nitrogens with zero attached hydrogens (tertiary/aromatic N) is 3. The molecule has 0 radical (unpaired) electrons. The molecule has 0 bridgehead atoms. The fourth-order valence-electron chi connectivity index (χ4n) is 3.18. The van der Waals surface area contributed by atoms with Gasteiger partial charge in [0.05, 0.1) is 11.4 Å². The smallest absolute Gasteiger partial charge is 0.231 e. The van der Waals surface area contributed by atoms with Gasteiger partial charge in [-0.25, -0.2) is 0 Å². The third-order valence-electron chi connectivity index (χ3n) is 4.95. The average molecular weight is 424 g/mol. The number of thiazole rings is 1. The van der Waals surface area contributed by atoms with Crippen LogP contribution in [0.5, 0.6) is 11.5 Å². The summed E-state index contributed by atoms with van der Waals surface area (Å²) < 4.78 is 12.7. The number of hydrogen-bond acceptors (Lipinski definition) is 7. The Bertz CT molecular complexity index is 1250. The van der Waals surface area contributed by atoms with E-state index in [4.69, 9.17) is 9.47 Å². The van der Waals surface area contributed by atoms with Gasteiger partial charge in [0.2, 0.25) is 11.8 Å². The number of hydrogen-bond donors (Lipinski definition) is 0. The van der Waals surface area contributed by atoms with Crippen LogP contribution in [-0.2, 0) is 0 Å². The van der Waals surface area contributed by atoms with E-state index in [0.717, 1.165) is 16.2 Å². The standard InChI is InChI=1S/C21H17N3O3S2/c1-12-3-4-14(7-13(12)2)16-9-28-20-22-23-21(24(16)20)29-10-17(25)15-5-6-18-19(8-15)27-11-26-18/h3-9H,10-11H2,1-2H3. The van der Waals surface area contributed by atoms with Crippen molar-refractivity contribution in [3.05, 3.63) is 58.5 Å². The Kier molecular flexibility index (Phi) is 4.52. The summed E-state index contributed by atoms with van der Waals surface area (Å²) in [6, 6.07) is 11.7. The highest BCUT2D eigenvalue weighted by atomic mass is 32.2. The number of Topliss-reactive ketones (excluding diaryl/α,β-unsaturated/α-hetero) is 1. The number of carbonyl (C=O) groups is 1. The SMILES string of the molecule is Cc1ccc(-c2csc3nnc(SCC(=O)c4ccc5c(c4)OCO5)n23)cc1C. The van der Waals surface area contributed by atoms with Crippen molar-refractivity contribution in [3.8, 4) is 22.8 Å². The largest absolute Gasteiger partial charge is 0.454 e. The number of ketones is 1. The van der Waals surface area contributed by atoms with Crippen LogP contribution in [0.3, 0.4) is 0 Å². The summed E-state index contributed by atoms with van der Waals surface area (Å²) in [5.74, 6) is 1.56. The van der Waals surface area contributed by atoms with Crippen LogP contribution in [0.2, 0.25) is 0 Å². The van der Waals surface area contributed by atoms with Gasteiger partial charge in [0.1, 0.15) is 0 Å². The second kappa shape index (κ2) is 7.20. The van der Waals surface area contributed by atoms with Crippen LogP contribution >= 0.6 is 23.1 Å². The van der Waals surface area contributed by atoms with Crippen molar-refractivity contribution in [2.24, 2.45) is 0 Å². The summed E-state index contributed by atoms with van der Waals surface area (Å²) in [5, 5.41) is 11.4. The normalized spacial score (nSPS) is 12.6. The van der Waals surface area contributed by atoms with Gasteiger partial charge in [0.25, 0.3) is 0 Å². The molecule has 2 aromatic heterocycles. The van der Waals surface area contributed by atoms with E-state index in [1.165, 1.54) is 22.9 Å². The maximum Gasteiger partial charge on any atom is 0.231 e. The molecule has 0 N–H and O–H groups in total. The predicted molar refractivity (Wildman–Crippen MR) is 113 cm³/mol. The van der Waals surface area contributed by atoms with Gasteiger partial charge in [-0.3, -0.25) is 9.20 Å². The van der Waals surface area contributed by atoms with Crippen molar-refractivity contribution < 1.29 is 14.3 Å². The van der Waals surface area contributed by atoms with Gasteiger partial charge in [-0.2, -0.15) is 0 Å². The first-order valence-electron chi connectivity index (χ1n) is 9.06. The molecule has 146 valence electrons. The number of carbonyl (C=O) groups excluding carboxylic acids is 1. The Labute approximate surface area is 175 Å². The summed E-state index contributed by atoms with van der Waals surface area (Å²) in [7, 11) is 0. The highest BCUT2D eigenvalue weighted by molar-refractivity contribution is 7.99. The van der Waals surface area contributed by atoms with Crippen LogP contribution in [-0.4, -0.2) is 32.9 Å². The number of thioether (sulfide) groups is 1. The van der Waals surface area contributed by atoms with Gasteiger partial charge >= 0.3 is 0 Å². The average Bonchev–Trinajstić information content (AvgIpc) is 3.44. The van der Waals surface area contributed by atoms with Crippen LogP contribution in [0.1, 0.15) is 21.5 Å². The van der Waals surface area contributed by atoms with E-state index in [2.05, 4.69) is 47.6 Å². The number of aromatic nitrogens is 3. The van der Waals surface area contributed by atoms with E-state index in [0.29, 0.717) is 22.2 Å². The van der Waals surface area contributed by atoms with E-state index < -0.39 is 0 Å². The lowest BCUT2D eigenvalue weighted by Gasteiger charge is -2.06. The van der Waals surface area contributed by atoms with Crippen molar-refractivity contribution in [3.63, 3.8) is 0 Å². The molecule has 1 aliphatic rings. The maximum atomic E-state index is 12.7. The topological polar surface area (TPSA) is 65.7 Å². The number of benzene rings is 2. The van der Waals surface area contributed by atoms with Gasteiger partial charge in [-0.05, 0) is 54.8 Å². The van der Waals surface area contributed by atoms with Gasteiger partial charge in [0, 0.05) is 10.9 Å². The van der Waals surface area contributed by atoms with Gasteiger partial charge in [-0.15, -0.1) is 21.5 Å². The molecule has 5 rings (SSSR count). The first-order chi connectivity index (χ1) is 14.1. The van der Waals surface area contributed by atoms with Crippen LogP contribution in [0.15, 0.2) is 46.9 Å². The second-order valence-corrected chi connectivity index (χ2v) is 8.58. The van der Waals surface area contributed by atoms with Gasteiger partial charge in [0.15, 0.2) is 22.4 Å². The van der Waals surface area contributed by atoms with E-state index in [9.17, 15) is 4.79 Å². The lowest BCUT2D eigenvalue weighted by atomic mass is 10.1. The molecule has 6 nitrogen and oxygen atoms in total. The third kappa shape index (κ3) is 3.28. The second-order valence-electron chi connectivity index (χ2n) is 6.80. The molecule has 0 spiro atoms.